The number of hydrogen-bond donors (Lipinski definition) is 0. The van der Waals surface area contributed by atoms with Crippen LogP contribution in [0.1, 0.15) is 15.9 Å². The molecule has 0 atom stereocenters. The van der Waals surface area contributed by atoms with Crippen LogP contribution in [0.3, 0.4) is 0 Å². The second-order valence-electron chi connectivity index (χ2n) is 3.40. The zero-order valence-corrected chi connectivity index (χ0v) is 8.41. The Hall–Kier alpha value is -2.51. The van der Waals surface area contributed by atoms with Gasteiger partial charge < -0.3 is 4.74 Å². The lowest BCUT2D eigenvalue weighted by Gasteiger charge is -2.14. The summed E-state index contributed by atoms with van der Waals surface area (Å²) in [6.07, 6.45) is 0.319. The number of nitro groups is 2. The van der Waals surface area contributed by atoms with Crippen molar-refractivity contribution in [1.82, 2.24) is 0 Å². The van der Waals surface area contributed by atoms with Crippen molar-refractivity contribution in [2.45, 2.75) is 6.42 Å². The first kappa shape index (κ1) is 11.0. The molecule has 0 saturated carbocycles. The third-order valence-electron chi connectivity index (χ3n) is 2.42. The summed E-state index contributed by atoms with van der Waals surface area (Å²) in [5, 5.41) is 21.3. The van der Waals surface area contributed by atoms with Crippen molar-refractivity contribution < 1.29 is 19.4 Å². The van der Waals surface area contributed by atoms with Gasteiger partial charge in [-0.3, -0.25) is 20.2 Å². The molecular formula is C9H6N2O6. The van der Waals surface area contributed by atoms with Crippen LogP contribution in [-0.4, -0.2) is 22.4 Å². The van der Waals surface area contributed by atoms with Crippen molar-refractivity contribution in [3.63, 3.8) is 0 Å². The van der Waals surface area contributed by atoms with Gasteiger partial charge in [0.2, 0.25) is 0 Å². The van der Waals surface area contributed by atoms with E-state index in [-0.39, 0.29) is 12.2 Å². The highest BCUT2D eigenvalue weighted by Crippen LogP contribution is 2.32. The standard InChI is InChI=1S/C9H6N2O6/c12-9-6-4-8(11(15)16)7(10(13)14)3-5(6)1-2-17-9/h3-4H,1-2H2. The lowest BCUT2D eigenvalue weighted by atomic mass is 10.0. The van der Waals surface area contributed by atoms with Gasteiger partial charge in [0.15, 0.2) is 0 Å². The van der Waals surface area contributed by atoms with Crippen molar-refractivity contribution in [2.75, 3.05) is 6.61 Å². The topological polar surface area (TPSA) is 113 Å². The smallest absolute Gasteiger partial charge is 0.346 e. The first-order valence-electron chi connectivity index (χ1n) is 4.63. The van der Waals surface area contributed by atoms with Gasteiger partial charge in [-0.1, -0.05) is 0 Å². The molecule has 0 amide bonds. The van der Waals surface area contributed by atoms with Crippen molar-refractivity contribution in [3.05, 3.63) is 43.5 Å². The van der Waals surface area contributed by atoms with Crippen LogP contribution in [0.25, 0.3) is 0 Å². The average Bonchev–Trinajstić information content (AvgIpc) is 2.27. The van der Waals surface area contributed by atoms with Crippen LogP contribution in [0, 0.1) is 20.2 Å². The number of rotatable bonds is 2. The van der Waals surface area contributed by atoms with Gasteiger partial charge in [-0.05, 0) is 5.56 Å². The van der Waals surface area contributed by atoms with Crippen LogP contribution in [-0.2, 0) is 11.2 Å². The molecule has 0 N–H and O–H groups in total. The molecule has 0 saturated heterocycles. The number of nitro benzene ring substituents is 2. The van der Waals surface area contributed by atoms with Crippen LogP contribution in [0.15, 0.2) is 12.1 Å². The van der Waals surface area contributed by atoms with E-state index in [4.69, 9.17) is 4.74 Å². The zero-order chi connectivity index (χ0) is 12.6. The predicted molar refractivity (Wildman–Crippen MR) is 53.7 cm³/mol. The number of nitrogens with zero attached hydrogens (tertiary/aromatic N) is 2. The number of hydrogen-bond acceptors (Lipinski definition) is 6. The van der Waals surface area contributed by atoms with Gasteiger partial charge in [0, 0.05) is 18.6 Å². The summed E-state index contributed by atoms with van der Waals surface area (Å²) < 4.78 is 4.71. The molecule has 0 fully saturated rings. The summed E-state index contributed by atoms with van der Waals surface area (Å²) in [6.45, 7) is 0.126. The molecule has 0 aliphatic carbocycles. The maximum Gasteiger partial charge on any atom is 0.346 e. The average molecular weight is 238 g/mol. The van der Waals surface area contributed by atoms with Crippen molar-refractivity contribution in [3.8, 4) is 0 Å². The van der Waals surface area contributed by atoms with Gasteiger partial charge in [-0.15, -0.1) is 0 Å². The third kappa shape index (κ3) is 1.80. The molecule has 2 rings (SSSR count). The maximum absolute atomic E-state index is 11.3. The van der Waals surface area contributed by atoms with E-state index < -0.39 is 27.2 Å². The molecule has 0 aromatic heterocycles. The molecule has 0 radical (unpaired) electrons. The second-order valence-corrected chi connectivity index (χ2v) is 3.40. The summed E-state index contributed by atoms with van der Waals surface area (Å²) in [5.41, 5.74) is -0.886. The fourth-order valence-corrected chi connectivity index (χ4v) is 1.64. The normalized spacial score (nSPS) is 13.8. The number of carbonyl (C=O) groups is 1. The van der Waals surface area contributed by atoms with E-state index in [0.29, 0.717) is 12.0 Å². The van der Waals surface area contributed by atoms with E-state index in [0.717, 1.165) is 12.1 Å². The molecule has 88 valence electrons. The lowest BCUT2D eigenvalue weighted by Crippen LogP contribution is -2.18. The largest absolute Gasteiger partial charge is 0.462 e. The Balaban J connectivity index is 2.67. The molecule has 8 nitrogen and oxygen atoms in total. The second kappa shape index (κ2) is 3.81. The van der Waals surface area contributed by atoms with Gasteiger partial charge in [-0.25, -0.2) is 4.79 Å². The van der Waals surface area contributed by atoms with Crippen LogP contribution in [0.2, 0.25) is 0 Å². The van der Waals surface area contributed by atoms with Gasteiger partial charge in [-0.2, -0.15) is 0 Å². The minimum absolute atomic E-state index is 0.0218. The summed E-state index contributed by atoms with van der Waals surface area (Å²) >= 11 is 0. The molecule has 0 bridgehead atoms. The third-order valence-corrected chi connectivity index (χ3v) is 2.42. The Bertz CT molecular complexity index is 539. The molecule has 1 aromatic carbocycles. The SMILES string of the molecule is O=C1OCCc2cc([N+](=O)[O-])c([N+](=O)[O-])cc21. The zero-order valence-electron chi connectivity index (χ0n) is 8.41. The molecule has 1 aliphatic heterocycles. The van der Waals surface area contributed by atoms with Gasteiger partial charge >= 0.3 is 17.3 Å². The molecule has 0 spiro atoms. The quantitative estimate of drug-likeness (QED) is 0.434. The molecular weight excluding hydrogens is 232 g/mol. The van der Waals surface area contributed by atoms with Crippen LogP contribution in [0.5, 0.6) is 0 Å². The minimum atomic E-state index is -0.889. The molecule has 8 heteroatoms. The van der Waals surface area contributed by atoms with Crippen molar-refractivity contribution in [2.24, 2.45) is 0 Å². The van der Waals surface area contributed by atoms with E-state index in [1.54, 1.807) is 0 Å². The van der Waals surface area contributed by atoms with Gasteiger partial charge in [0.1, 0.15) is 0 Å². The Morgan fingerprint density at radius 3 is 2.29 bits per heavy atom. The highest BCUT2D eigenvalue weighted by atomic mass is 16.6. The Morgan fingerprint density at radius 1 is 1.12 bits per heavy atom. The highest BCUT2D eigenvalue weighted by molar-refractivity contribution is 5.93. The lowest BCUT2D eigenvalue weighted by molar-refractivity contribution is -0.422. The Morgan fingerprint density at radius 2 is 1.71 bits per heavy atom. The van der Waals surface area contributed by atoms with Crippen molar-refractivity contribution >= 4 is 17.3 Å². The highest BCUT2D eigenvalue weighted by Gasteiger charge is 2.30. The van der Waals surface area contributed by atoms with E-state index in [1.807, 2.05) is 0 Å². The molecule has 1 heterocycles. The van der Waals surface area contributed by atoms with Gasteiger partial charge in [0.05, 0.1) is 22.0 Å². The molecule has 17 heavy (non-hydrogen) atoms. The summed E-state index contributed by atoms with van der Waals surface area (Å²) in [4.78, 5) is 30.9. The summed E-state index contributed by atoms with van der Waals surface area (Å²) in [5.74, 6) is -0.691. The predicted octanol–water partition coefficient (Wildman–Crippen LogP) is 1.22. The van der Waals surface area contributed by atoms with E-state index in [2.05, 4.69) is 0 Å². The fourth-order valence-electron chi connectivity index (χ4n) is 1.64. The molecule has 1 aliphatic rings. The van der Waals surface area contributed by atoms with Crippen LogP contribution in [0.4, 0.5) is 11.4 Å². The molecule has 1 aromatic rings. The fraction of sp³-hybridized carbons (Fsp3) is 0.222. The van der Waals surface area contributed by atoms with E-state index in [9.17, 15) is 25.0 Å². The molecule has 0 unspecified atom stereocenters. The minimum Gasteiger partial charge on any atom is -0.462 e. The van der Waals surface area contributed by atoms with Gasteiger partial charge in [0.25, 0.3) is 0 Å². The number of esters is 1. The number of ether oxygens (including phenoxy) is 1. The van der Waals surface area contributed by atoms with E-state index in [1.165, 1.54) is 0 Å². The van der Waals surface area contributed by atoms with Crippen LogP contribution < -0.4 is 0 Å². The number of benzene rings is 1. The monoisotopic (exact) mass is 238 g/mol. The number of carbonyl (C=O) groups excluding carboxylic acids is 1. The number of fused-ring (bicyclic) bond motifs is 1. The number of cyclic esters (lactones) is 1. The summed E-state index contributed by atoms with van der Waals surface area (Å²) in [7, 11) is 0. The van der Waals surface area contributed by atoms with E-state index >= 15 is 0 Å². The maximum atomic E-state index is 11.3. The first-order valence-corrected chi connectivity index (χ1v) is 4.63. The van der Waals surface area contributed by atoms with Crippen LogP contribution >= 0.6 is 0 Å². The first-order chi connectivity index (χ1) is 8.00. The Kier molecular flexibility index (Phi) is 2.47. The summed E-state index contributed by atoms with van der Waals surface area (Å²) in [6, 6.07) is 1.96. The Labute approximate surface area is 94.1 Å². The van der Waals surface area contributed by atoms with Crippen molar-refractivity contribution in [1.29, 1.82) is 0 Å².